The van der Waals surface area contributed by atoms with E-state index in [2.05, 4.69) is 22.2 Å². The molecular weight excluding hydrogens is 372 g/mol. The van der Waals surface area contributed by atoms with E-state index in [4.69, 9.17) is 0 Å². The number of nitro groups is 1. The standard InChI is InChI=1S/C21H22N4O2S/c1-3-4-5-16-8-10-17(11-9-16)24-20-19(25(26)27)21(23-14-22-20)28-18-12-6-15(2)7-13-18/h6-14H,3-5H2,1-2H3,(H,22,23,24). The van der Waals surface area contributed by atoms with E-state index in [1.54, 1.807) is 0 Å². The highest BCUT2D eigenvalue weighted by atomic mass is 32.2. The van der Waals surface area contributed by atoms with Crippen molar-refractivity contribution >= 4 is 29.0 Å². The Morgan fingerprint density at radius 3 is 2.43 bits per heavy atom. The number of aryl methyl sites for hydroxylation is 2. The number of anilines is 2. The van der Waals surface area contributed by atoms with Crippen molar-refractivity contribution in [1.82, 2.24) is 9.97 Å². The molecule has 1 heterocycles. The third kappa shape index (κ3) is 5.07. The highest BCUT2D eigenvalue weighted by Gasteiger charge is 2.24. The summed E-state index contributed by atoms with van der Waals surface area (Å²) < 4.78 is 0. The van der Waals surface area contributed by atoms with Gasteiger partial charge in [-0.05, 0) is 49.6 Å². The molecule has 0 atom stereocenters. The molecular formula is C21H22N4O2S. The van der Waals surface area contributed by atoms with Gasteiger partial charge in [0.25, 0.3) is 0 Å². The molecule has 0 aliphatic carbocycles. The normalized spacial score (nSPS) is 10.6. The van der Waals surface area contributed by atoms with E-state index in [0.29, 0.717) is 5.03 Å². The van der Waals surface area contributed by atoms with E-state index in [9.17, 15) is 10.1 Å². The molecule has 3 aromatic rings. The number of benzene rings is 2. The predicted octanol–water partition coefficient (Wildman–Crippen LogP) is 5.93. The summed E-state index contributed by atoms with van der Waals surface area (Å²) in [5.74, 6) is 0.191. The van der Waals surface area contributed by atoms with Gasteiger partial charge in [0, 0.05) is 10.6 Å². The van der Waals surface area contributed by atoms with E-state index in [1.165, 1.54) is 23.7 Å². The number of rotatable bonds is 8. The van der Waals surface area contributed by atoms with Crippen molar-refractivity contribution in [3.05, 3.63) is 76.1 Å². The van der Waals surface area contributed by atoms with Gasteiger partial charge in [-0.1, -0.05) is 54.9 Å². The van der Waals surface area contributed by atoms with Gasteiger partial charge in [-0.3, -0.25) is 10.1 Å². The molecule has 0 saturated carbocycles. The maximum absolute atomic E-state index is 11.7. The average molecular weight is 395 g/mol. The van der Waals surface area contributed by atoms with E-state index >= 15 is 0 Å². The zero-order valence-electron chi connectivity index (χ0n) is 15.9. The van der Waals surface area contributed by atoms with Gasteiger partial charge in [-0.25, -0.2) is 9.97 Å². The molecule has 0 bridgehead atoms. The van der Waals surface area contributed by atoms with Crippen LogP contribution in [0.4, 0.5) is 17.2 Å². The summed E-state index contributed by atoms with van der Waals surface area (Å²) in [6.45, 7) is 4.16. The van der Waals surface area contributed by atoms with Crippen LogP contribution in [-0.2, 0) is 6.42 Å². The number of aromatic nitrogens is 2. The Balaban J connectivity index is 1.84. The molecule has 0 radical (unpaired) electrons. The predicted molar refractivity (Wildman–Crippen MR) is 112 cm³/mol. The van der Waals surface area contributed by atoms with Crippen LogP contribution in [-0.4, -0.2) is 14.9 Å². The van der Waals surface area contributed by atoms with Gasteiger partial charge in [0.2, 0.25) is 5.82 Å². The number of hydrogen-bond donors (Lipinski definition) is 1. The topological polar surface area (TPSA) is 81.0 Å². The molecule has 6 nitrogen and oxygen atoms in total. The Kier molecular flexibility index (Phi) is 6.60. The van der Waals surface area contributed by atoms with Crippen molar-refractivity contribution in [2.24, 2.45) is 0 Å². The summed E-state index contributed by atoms with van der Waals surface area (Å²) in [7, 11) is 0. The van der Waals surface area contributed by atoms with Crippen molar-refractivity contribution < 1.29 is 4.92 Å². The Labute approximate surface area is 168 Å². The molecule has 0 aliphatic heterocycles. The molecule has 1 aromatic heterocycles. The van der Waals surface area contributed by atoms with Gasteiger partial charge in [0.1, 0.15) is 6.33 Å². The summed E-state index contributed by atoms with van der Waals surface area (Å²) in [6, 6.07) is 15.7. The van der Waals surface area contributed by atoms with Crippen LogP contribution in [0.5, 0.6) is 0 Å². The molecule has 2 aromatic carbocycles. The first-order valence-electron chi connectivity index (χ1n) is 9.16. The van der Waals surface area contributed by atoms with E-state index in [0.717, 1.165) is 35.4 Å². The maximum atomic E-state index is 11.7. The molecule has 0 saturated heterocycles. The van der Waals surface area contributed by atoms with E-state index in [1.807, 2.05) is 55.5 Å². The Morgan fingerprint density at radius 1 is 1.07 bits per heavy atom. The largest absolute Gasteiger partial charge is 0.343 e. The average Bonchev–Trinajstić information content (AvgIpc) is 2.69. The van der Waals surface area contributed by atoms with Crippen LogP contribution in [0.25, 0.3) is 0 Å². The second-order valence-corrected chi connectivity index (χ2v) is 7.54. The zero-order chi connectivity index (χ0) is 19.9. The van der Waals surface area contributed by atoms with Crippen molar-refractivity contribution in [1.29, 1.82) is 0 Å². The fourth-order valence-corrected chi connectivity index (χ4v) is 3.55. The minimum atomic E-state index is -0.436. The highest BCUT2D eigenvalue weighted by molar-refractivity contribution is 7.99. The first kappa shape index (κ1) is 19.8. The summed E-state index contributed by atoms with van der Waals surface area (Å²) in [6.07, 6.45) is 4.67. The quantitative estimate of drug-likeness (QED) is 0.290. The Hall–Kier alpha value is -2.93. The van der Waals surface area contributed by atoms with Crippen LogP contribution < -0.4 is 5.32 Å². The summed E-state index contributed by atoms with van der Waals surface area (Å²) in [4.78, 5) is 20.4. The third-order valence-electron chi connectivity index (χ3n) is 4.24. The molecule has 0 spiro atoms. The lowest BCUT2D eigenvalue weighted by molar-refractivity contribution is -0.387. The van der Waals surface area contributed by atoms with Crippen molar-refractivity contribution in [2.45, 2.75) is 43.0 Å². The highest BCUT2D eigenvalue weighted by Crippen LogP contribution is 2.37. The minimum absolute atomic E-state index is 0.122. The lowest BCUT2D eigenvalue weighted by atomic mass is 10.1. The fourth-order valence-electron chi connectivity index (χ4n) is 2.68. The third-order valence-corrected chi connectivity index (χ3v) is 5.24. The van der Waals surface area contributed by atoms with Crippen molar-refractivity contribution in [3.8, 4) is 0 Å². The van der Waals surface area contributed by atoms with Crippen molar-refractivity contribution in [3.63, 3.8) is 0 Å². The molecule has 1 N–H and O–H groups in total. The van der Waals surface area contributed by atoms with E-state index in [-0.39, 0.29) is 11.5 Å². The molecule has 0 unspecified atom stereocenters. The number of nitrogens with one attached hydrogen (secondary N) is 1. The Morgan fingerprint density at radius 2 is 1.79 bits per heavy atom. The van der Waals surface area contributed by atoms with Crippen LogP contribution in [0.3, 0.4) is 0 Å². The molecule has 144 valence electrons. The lowest BCUT2D eigenvalue weighted by Gasteiger charge is -2.09. The smallest absolute Gasteiger partial charge is 0.334 e. The molecule has 0 fully saturated rings. The number of unbranched alkanes of at least 4 members (excludes halogenated alkanes) is 1. The zero-order valence-corrected chi connectivity index (χ0v) is 16.7. The van der Waals surface area contributed by atoms with Gasteiger partial charge < -0.3 is 5.32 Å². The van der Waals surface area contributed by atoms with Crippen molar-refractivity contribution in [2.75, 3.05) is 5.32 Å². The van der Waals surface area contributed by atoms with Crippen LogP contribution in [0.1, 0.15) is 30.9 Å². The Bertz CT molecular complexity index is 944. The van der Waals surface area contributed by atoms with Gasteiger partial charge in [0.15, 0.2) is 5.03 Å². The molecule has 28 heavy (non-hydrogen) atoms. The molecule has 3 rings (SSSR count). The fraction of sp³-hybridized carbons (Fsp3) is 0.238. The molecule has 0 amide bonds. The van der Waals surface area contributed by atoms with Crippen LogP contribution in [0.15, 0.2) is 64.8 Å². The van der Waals surface area contributed by atoms with Gasteiger partial charge in [-0.2, -0.15) is 0 Å². The number of nitrogens with zero attached hydrogens (tertiary/aromatic N) is 3. The summed E-state index contributed by atoms with van der Waals surface area (Å²) in [5.41, 5.74) is 3.02. The number of hydrogen-bond acceptors (Lipinski definition) is 6. The van der Waals surface area contributed by atoms with Crippen LogP contribution in [0, 0.1) is 17.0 Å². The van der Waals surface area contributed by atoms with Gasteiger partial charge >= 0.3 is 5.69 Å². The second kappa shape index (κ2) is 9.32. The molecule has 7 heteroatoms. The summed E-state index contributed by atoms with van der Waals surface area (Å²) >= 11 is 1.25. The first-order chi connectivity index (χ1) is 13.6. The van der Waals surface area contributed by atoms with E-state index < -0.39 is 4.92 Å². The monoisotopic (exact) mass is 394 g/mol. The second-order valence-electron chi connectivity index (χ2n) is 6.47. The maximum Gasteiger partial charge on any atom is 0.343 e. The van der Waals surface area contributed by atoms with Gasteiger partial charge in [0.05, 0.1) is 4.92 Å². The molecule has 0 aliphatic rings. The minimum Gasteiger partial charge on any atom is -0.334 e. The summed E-state index contributed by atoms with van der Waals surface area (Å²) in [5, 5.41) is 15.1. The first-order valence-corrected chi connectivity index (χ1v) is 9.98. The van der Waals surface area contributed by atoms with Gasteiger partial charge in [-0.15, -0.1) is 0 Å². The van der Waals surface area contributed by atoms with Crippen LogP contribution in [0.2, 0.25) is 0 Å². The van der Waals surface area contributed by atoms with Crippen LogP contribution >= 0.6 is 11.8 Å². The lowest BCUT2D eigenvalue weighted by Crippen LogP contribution is -2.03. The SMILES string of the molecule is CCCCc1ccc(Nc2ncnc(Sc3ccc(C)cc3)c2[N+](=O)[O-])cc1.